The van der Waals surface area contributed by atoms with Gasteiger partial charge in [-0.3, -0.25) is 81.5 Å². The summed E-state index contributed by atoms with van der Waals surface area (Å²) in [7, 11) is 3.73. The van der Waals surface area contributed by atoms with E-state index in [1.165, 1.54) is 59.3 Å². The molecule has 5 aromatic carbocycles. The van der Waals surface area contributed by atoms with Gasteiger partial charge in [-0.15, -0.1) is 11.8 Å². The third kappa shape index (κ3) is 29.1. The lowest BCUT2D eigenvalue weighted by atomic mass is 9.89. The fraction of sp³-hybridized carbons (Fsp3) is 0.479. The molecule has 0 bridgehead atoms. The standard InChI is InChI=1S/C94H120F2N16O21S/c1-9-10-25-72-93(132)112-48-61(115)43-75(112)89(128)105-69(44-81(120)121)87(126)107-82(52(4)5)94(133)109(7)73(38-53-19-13-11-14-20-53)77(116)41-57(29-33-78(97)117)90(129)111-47-60(114)42-74(111)88(127)104-68(40-58-45-99-65-24-18-17-23-62(58)65)86(125)103-67(36-55-26-30-59(113)31-27-55)85(124)102-66(34-51(2)3)84(123)106-71(83(122)100-46-79(98)118)49-134-50-80(119)101-70(37-56-28-32-63(95)64(96)35-56)91(130)110(8)76(92(131)108(72)6)39-54-21-15-12-16-22-54/h11-24,26-28,30-32,35,45,51-52,57,60-61,66-76,82,99,113-115H,9-10,25,29,33-34,36-44,46-50H2,1-8H3,(H2,97,117)(H2,98,118)(H,100,122)(H,101,119)(H,102,124)(H,103,125)(H,104,127)(H,105,128)(H,106,123)(H,107,126)(H,120,121)/t57-,60-,61-,66+,67+,68+,69+,70+,71+,72+,73+,74-,75-,76+,82+/m1/s1. The number of H-pyrrole nitrogens is 1. The number of ketones is 1. The first-order chi connectivity index (χ1) is 63.6. The molecular formula is C94H120F2N16O21S. The third-order valence-electron chi connectivity index (χ3n) is 24.0. The number of aromatic nitrogens is 1. The number of aliphatic carboxylic acids is 1. The van der Waals surface area contributed by atoms with Gasteiger partial charge in [0.25, 0.3) is 0 Å². The molecule has 722 valence electrons. The molecular weight excluding hydrogens is 1760 g/mol. The van der Waals surface area contributed by atoms with Crippen molar-refractivity contribution in [1.82, 2.24) is 72.0 Å². The second-order valence-corrected chi connectivity index (χ2v) is 36.1. The van der Waals surface area contributed by atoms with Crippen molar-refractivity contribution in [2.24, 2.45) is 29.2 Å². The number of amides is 15. The number of nitrogens with one attached hydrogen (secondary N) is 9. The summed E-state index contributed by atoms with van der Waals surface area (Å²) in [4.78, 5) is 259. The van der Waals surface area contributed by atoms with Crippen molar-refractivity contribution in [2.75, 3.05) is 52.3 Å². The van der Waals surface area contributed by atoms with Crippen LogP contribution in [0.2, 0.25) is 0 Å². The minimum atomic E-state index is -2.04. The normalized spacial score (nSPS) is 24.7. The highest BCUT2D eigenvalue weighted by Gasteiger charge is 2.48. The molecule has 3 saturated heterocycles. The summed E-state index contributed by atoms with van der Waals surface area (Å²) in [5.74, 6) is -24.3. The number of carboxylic acid groups (broad SMARTS) is 1. The van der Waals surface area contributed by atoms with Crippen molar-refractivity contribution >= 4 is 123 Å². The maximum atomic E-state index is 15.7. The van der Waals surface area contributed by atoms with E-state index in [1.807, 2.05) is 0 Å². The molecule has 15 amide bonds. The number of Topliss-reactive ketones (excluding diaryl/α,β-unsaturated/α-hetero) is 1. The number of thioether (sulfide) groups is 1. The van der Waals surface area contributed by atoms with Crippen LogP contribution in [-0.4, -0.2) is 287 Å². The zero-order chi connectivity index (χ0) is 98.1. The van der Waals surface area contributed by atoms with Crippen molar-refractivity contribution < 1.29 is 111 Å². The number of carbonyl (C=O) groups is 17. The number of para-hydroxylation sites is 1. The number of hydrogen-bond donors (Lipinski definition) is 15. The van der Waals surface area contributed by atoms with Gasteiger partial charge in [0.05, 0.1) is 37.0 Å². The number of benzene rings is 5. The molecule has 3 aliphatic heterocycles. The Morgan fingerprint density at radius 1 is 0.530 bits per heavy atom. The van der Waals surface area contributed by atoms with Gasteiger partial charge >= 0.3 is 5.97 Å². The van der Waals surface area contributed by atoms with Gasteiger partial charge < -0.3 is 104 Å². The molecule has 3 fully saturated rings. The first kappa shape index (κ1) is 104. The highest BCUT2D eigenvalue weighted by Crippen LogP contribution is 2.31. The number of carbonyl (C=O) groups excluding carboxylic acids is 16. The number of rotatable bonds is 24. The zero-order valence-electron chi connectivity index (χ0n) is 75.9. The lowest BCUT2D eigenvalue weighted by Gasteiger charge is -2.38. The van der Waals surface area contributed by atoms with Gasteiger partial charge in [-0.1, -0.05) is 145 Å². The van der Waals surface area contributed by atoms with E-state index in [2.05, 4.69) is 47.5 Å². The van der Waals surface area contributed by atoms with Gasteiger partial charge in [0.2, 0.25) is 88.6 Å². The number of unbranched alkanes of at least 4 members (excludes halogenated alkanes) is 1. The van der Waals surface area contributed by atoms with E-state index < -0.39 is 291 Å². The molecule has 1 aromatic heterocycles. The molecule has 0 spiro atoms. The van der Waals surface area contributed by atoms with Crippen LogP contribution in [0.25, 0.3) is 10.9 Å². The Morgan fingerprint density at radius 3 is 1.63 bits per heavy atom. The molecule has 9 rings (SSSR count). The van der Waals surface area contributed by atoms with Crippen LogP contribution in [0.1, 0.15) is 127 Å². The lowest BCUT2D eigenvalue weighted by molar-refractivity contribution is -0.152. The van der Waals surface area contributed by atoms with Crippen LogP contribution < -0.4 is 54.0 Å². The highest BCUT2D eigenvalue weighted by atomic mass is 32.2. The molecule has 17 N–H and O–H groups in total. The fourth-order valence-electron chi connectivity index (χ4n) is 16.7. The number of aliphatic hydroxyl groups excluding tert-OH is 2. The number of halogens is 2. The Balaban J connectivity index is 1.14. The number of nitrogens with two attached hydrogens (primary N) is 2. The van der Waals surface area contributed by atoms with Crippen LogP contribution in [0.3, 0.4) is 0 Å². The Morgan fingerprint density at radius 2 is 1.05 bits per heavy atom. The molecule has 37 nitrogen and oxygen atoms in total. The van der Waals surface area contributed by atoms with Gasteiger partial charge in [-0.2, -0.15) is 0 Å². The maximum absolute atomic E-state index is 15.7. The zero-order valence-corrected chi connectivity index (χ0v) is 76.8. The Bertz CT molecular complexity index is 5230. The highest BCUT2D eigenvalue weighted by molar-refractivity contribution is 8.00. The van der Waals surface area contributed by atoms with Gasteiger partial charge in [-0.05, 0) is 95.7 Å². The number of aliphatic hydroxyl groups is 2. The summed E-state index contributed by atoms with van der Waals surface area (Å²) < 4.78 is 29.8. The SMILES string of the molecule is CCCC[C@H]1C(=O)N2C[C@H](O)C[C@@H]2C(=O)N[C@@H](CC(=O)O)C(=O)N[C@@H](C(C)C)C(=O)N(C)[C@@H](Cc2ccccc2)C(=O)C[C@@H](CCC(N)=O)C(=O)N2C[C@H](O)C[C@@H]2C(=O)N[C@@H](Cc2c[nH]c3ccccc23)C(=O)N[C@@H](Cc2ccc(O)cc2)C(=O)N[C@@H](CC(C)C)C(=O)N[C@H](C(=O)NCC(N)=O)CSCC(=O)N[C@@H](Cc2ccc(F)c(F)c2)C(=O)N(C)[C@@H](Cc2ccccc2)C(=O)N1C. The van der Waals surface area contributed by atoms with Gasteiger partial charge in [0, 0.05) is 114 Å². The number of primary amides is 2. The van der Waals surface area contributed by atoms with Gasteiger partial charge in [-0.25, -0.2) is 8.78 Å². The quantitative estimate of drug-likeness (QED) is 0.0402. The average molecular weight is 1880 g/mol. The molecule has 15 atom stereocenters. The lowest BCUT2D eigenvalue weighted by Crippen LogP contribution is -2.61. The van der Waals surface area contributed by atoms with E-state index in [0.29, 0.717) is 51.3 Å². The number of phenols is 1. The fourth-order valence-corrected chi connectivity index (χ4v) is 17.6. The Labute approximate surface area is 777 Å². The molecule has 0 radical (unpaired) electrons. The molecule has 134 heavy (non-hydrogen) atoms. The van der Waals surface area contributed by atoms with Crippen molar-refractivity contribution in [2.45, 2.75) is 216 Å². The summed E-state index contributed by atoms with van der Waals surface area (Å²) >= 11 is 0.704. The van der Waals surface area contributed by atoms with Crippen LogP contribution in [0, 0.1) is 29.4 Å². The van der Waals surface area contributed by atoms with Crippen LogP contribution in [0.15, 0.2) is 134 Å². The summed E-state index contributed by atoms with van der Waals surface area (Å²) in [6.07, 6.45) is -6.49. The van der Waals surface area contributed by atoms with Crippen LogP contribution in [-0.2, 0) is 114 Å². The smallest absolute Gasteiger partial charge is 0.305 e. The van der Waals surface area contributed by atoms with Crippen molar-refractivity contribution in [3.05, 3.63) is 173 Å². The molecule has 0 saturated carbocycles. The topological polar surface area (TPSA) is 551 Å². The number of carboxylic acids is 1. The molecule has 0 aliphatic carbocycles. The average Bonchev–Trinajstić information content (AvgIpc) is 1.56. The summed E-state index contributed by atoms with van der Waals surface area (Å²) in [5.41, 5.74) is 13.5. The number of aromatic hydroxyl groups is 1. The minimum Gasteiger partial charge on any atom is -0.508 e. The Hall–Kier alpha value is -13.2. The first-order valence-electron chi connectivity index (χ1n) is 44.5. The molecule has 3 aliphatic rings. The number of hydrogen-bond acceptors (Lipinski definition) is 21. The molecule has 40 heteroatoms. The first-order valence-corrected chi connectivity index (χ1v) is 45.7. The molecule has 0 unspecified atom stereocenters. The van der Waals surface area contributed by atoms with Crippen LogP contribution in [0.4, 0.5) is 8.78 Å². The number of aromatic amines is 1. The van der Waals surface area contributed by atoms with Gasteiger partial charge in [0.1, 0.15) is 72.2 Å². The van der Waals surface area contributed by atoms with E-state index in [9.17, 15) is 58.4 Å². The Kier molecular flexibility index (Phi) is 38.2. The third-order valence-corrected chi connectivity index (χ3v) is 25.0. The van der Waals surface area contributed by atoms with E-state index in [-0.39, 0.29) is 56.3 Å². The van der Waals surface area contributed by atoms with E-state index >= 15 is 52.3 Å². The van der Waals surface area contributed by atoms with Crippen molar-refractivity contribution in [3.8, 4) is 5.75 Å². The molecule has 4 heterocycles. The van der Waals surface area contributed by atoms with Gasteiger partial charge in [0.15, 0.2) is 17.4 Å². The number of fused-ring (bicyclic) bond motifs is 3. The van der Waals surface area contributed by atoms with Crippen molar-refractivity contribution in [3.63, 3.8) is 0 Å². The molecule has 6 aromatic rings. The second-order valence-electron chi connectivity index (χ2n) is 35.1. The minimum absolute atomic E-state index is 0.0303. The summed E-state index contributed by atoms with van der Waals surface area (Å²) in [6.45, 7) is 6.37. The largest absolute Gasteiger partial charge is 0.508 e. The van der Waals surface area contributed by atoms with Crippen molar-refractivity contribution in [1.29, 1.82) is 0 Å². The summed E-state index contributed by atoms with van der Waals surface area (Å²) in [6, 6.07) is 11.7. The number of phenolic OH excluding ortho intramolecular Hbond substituents is 1. The second kappa shape index (κ2) is 48.9. The number of nitrogens with zero attached hydrogens (tertiary/aromatic N) is 5. The van der Waals surface area contributed by atoms with E-state index in [4.69, 9.17) is 11.5 Å². The van der Waals surface area contributed by atoms with Crippen LogP contribution >= 0.6 is 11.8 Å². The van der Waals surface area contributed by atoms with E-state index in [1.54, 1.807) is 112 Å². The predicted molar refractivity (Wildman–Crippen MR) is 487 cm³/mol. The van der Waals surface area contributed by atoms with E-state index in [0.717, 1.165) is 42.7 Å². The summed E-state index contributed by atoms with van der Waals surface area (Å²) in [5, 5.41) is 65.0. The monoisotopic (exact) mass is 1880 g/mol. The maximum Gasteiger partial charge on any atom is 0.305 e. The number of likely N-dealkylation sites (N-methyl/N-ethyl adjacent to an activating group) is 3. The van der Waals surface area contributed by atoms with Crippen LogP contribution in [0.5, 0.6) is 5.75 Å². The predicted octanol–water partition coefficient (Wildman–Crippen LogP) is 1.02.